The topological polar surface area (TPSA) is 92.8 Å². The third-order valence-electron chi connectivity index (χ3n) is 3.61. The Bertz CT molecular complexity index is 607. The van der Waals surface area contributed by atoms with Gasteiger partial charge in [0.2, 0.25) is 0 Å². The predicted octanol–water partition coefficient (Wildman–Crippen LogP) is 2.27. The summed E-state index contributed by atoms with van der Waals surface area (Å²) in [5.41, 5.74) is -3.60. The number of benzene rings is 1. The van der Waals surface area contributed by atoms with E-state index in [0.717, 1.165) is 0 Å². The van der Waals surface area contributed by atoms with Crippen LogP contribution < -0.4 is 4.90 Å². The molecule has 126 valence electrons. The van der Waals surface area contributed by atoms with Gasteiger partial charge in [-0.2, -0.15) is 13.2 Å². The minimum atomic E-state index is -4.91. The van der Waals surface area contributed by atoms with Crippen LogP contribution >= 0.6 is 0 Å². The van der Waals surface area contributed by atoms with Gasteiger partial charge in [0.25, 0.3) is 11.4 Å². The lowest BCUT2D eigenvalue weighted by molar-refractivity contribution is -0.393. The molecule has 11 heteroatoms. The van der Waals surface area contributed by atoms with Crippen LogP contribution in [-0.2, 0) is 6.18 Å². The number of halogens is 3. The van der Waals surface area contributed by atoms with E-state index in [9.17, 15) is 33.4 Å². The van der Waals surface area contributed by atoms with Crippen LogP contribution in [0.5, 0.6) is 0 Å². The molecule has 1 aliphatic heterocycles. The van der Waals surface area contributed by atoms with Gasteiger partial charge < -0.3 is 9.80 Å². The molecule has 0 aliphatic carbocycles. The maximum Gasteiger partial charge on any atom is 0.416 e. The molecule has 2 rings (SSSR count). The molecule has 1 aliphatic rings. The summed E-state index contributed by atoms with van der Waals surface area (Å²) < 4.78 is 38.5. The molecule has 0 unspecified atom stereocenters. The monoisotopic (exact) mass is 334 g/mol. The molecule has 0 amide bonds. The van der Waals surface area contributed by atoms with Crippen LogP contribution in [0.15, 0.2) is 12.1 Å². The fourth-order valence-corrected chi connectivity index (χ4v) is 2.40. The summed E-state index contributed by atoms with van der Waals surface area (Å²) >= 11 is 0. The van der Waals surface area contributed by atoms with Crippen LogP contribution in [0.4, 0.5) is 30.2 Å². The summed E-state index contributed by atoms with van der Waals surface area (Å²) in [7, 11) is 1.81. The summed E-state index contributed by atoms with van der Waals surface area (Å²) in [6.45, 7) is 1.50. The Kier molecular flexibility index (Phi) is 4.41. The van der Waals surface area contributed by atoms with Gasteiger partial charge >= 0.3 is 6.18 Å². The van der Waals surface area contributed by atoms with E-state index >= 15 is 0 Å². The molecular formula is C12H13F3N4O4. The smallest absolute Gasteiger partial charge is 0.358 e. The Balaban J connectivity index is 2.63. The van der Waals surface area contributed by atoms with E-state index in [1.807, 2.05) is 11.9 Å². The van der Waals surface area contributed by atoms with Gasteiger partial charge in [-0.1, -0.05) is 0 Å². The molecule has 0 N–H and O–H groups in total. The second-order valence-electron chi connectivity index (χ2n) is 5.17. The maximum absolute atomic E-state index is 12.8. The Hall–Kier alpha value is -2.43. The number of likely N-dealkylation sites (N-methyl/N-ethyl adjacent to an activating group) is 1. The molecule has 0 radical (unpaired) electrons. The minimum Gasteiger partial charge on any atom is -0.358 e. The van der Waals surface area contributed by atoms with E-state index in [2.05, 4.69) is 0 Å². The van der Waals surface area contributed by atoms with Crippen molar-refractivity contribution in [1.29, 1.82) is 0 Å². The fourth-order valence-electron chi connectivity index (χ4n) is 2.40. The Morgan fingerprint density at radius 1 is 1.00 bits per heavy atom. The number of hydrogen-bond acceptors (Lipinski definition) is 6. The number of nitro benzene ring substituents is 2. The molecule has 8 nitrogen and oxygen atoms in total. The molecule has 1 heterocycles. The van der Waals surface area contributed by atoms with Crippen molar-refractivity contribution < 1.29 is 23.0 Å². The van der Waals surface area contributed by atoms with E-state index in [1.165, 1.54) is 4.90 Å². The summed E-state index contributed by atoms with van der Waals surface area (Å²) in [6.07, 6.45) is -4.91. The zero-order chi connectivity index (χ0) is 17.4. The van der Waals surface area contributed by atoms with Crippen LogP contribution in [0, 0.1) is 20.2 Å². The standard InChI is InChI=1S/C12H13F3N4O4/c1-16-2-4-17(5-3-16)11-9(18(20)21)6-8(12(13,14)15)7-10(11)19(22)23/h6-7H,2-5H2,1H3. The van der Waals surface area contributed by atoms with Crippen molar-refractivity contribution in [3.63, 3.8) is 0 Å². The summed E-state index contributed by atoms with van der Waals surface area (Å²) in [6, 6.07) is 0.696. The van der Waals surface area contributed by atoms with Crippen LogP contribution in [-0.4, -0.2) is 48.0 Å². The van der Waals surface area contributed by atoms with Gasteiger partial charge in [0, 0.05) is 38.3 Å². The SMILES string of the molecule is CN1CCN(c2c([N+](=O)[O-])cc(C(F)(F)F)cc2[N+](=O)[O-])CC1. The molecule has 1 saturated heterocycles. The number of hydrogen-bond donors (Lipinski definition) is 0. The van der Waals surface area contributed by atoms with Crippen molar-refractivity contribution in [2.24, 2.45) is 0 Å². The molecule has 0 saturated carbocycles. The van der Waals surface area contributed by atoms with Gasteiger partial charge in [0.15, 0.2) is 5.69 Å². The van der Waals surface area contributed by atoms with Crippen LogP contribution in [0.25, 0.3) is 0 Å². The number of rotatable bonds is 3. The lowest BCUT2D eigenvalue weighted by Crippen LogP contribution is -2.45. The minimum absolute atomic E-state index is 0.254. The van der Waals surface area contributed by atoms with Crippen molar-refractivity contribution in [2.75, 3.05) is 38.1 Å². The fraction of sp³-hybridized carbons (Fsp3) is 0.500. The molecule has 0 bridgehead atoms. The Morgan fingerprint density at radius 2 is 1.43 bits per heavy atom. The molecule has 1 fully saturated rings. The van der Waals surface area contributed by atoms with Gasteiger partial charge in [0.1, 0.15) is 0 Å². The first-order valence-electron chi connectivity index (χ1n) is 6.58. The van der Waals surface area contributed by atoms with Gasteiger partial charge in [-0.3, -0.25) is 20.2 Å². The van der Waals surface area contributed by atoms with E-state index < -0.39 is 33.0 Å². The van der Waals surface area contributed by atoms with E-state index in [1.54, 1.807) is 0 Å². The molecule has 0 spiro atoms. The summed E-state index contributed by atoms with van der Waals surface area (Å²) in [5, 5.41) is 22.3. The number of nitrogens with zero attached hydrogens (tertiary/aromatic N) is 4. The molecule has 1 aromatic rings. The van der Waals surface area contributed by atoms with E-state index in [-0.39, 0.29) is 18.8 Å². The highest BCUT2D eigenvalue weighted by Crippen LogP contribution is 2.43. The first kappa shape index (κ1) is 16.9. The average molecular weight is 334 g/mol. The summed E-state index contributed by atoms with van der Waals surface area (Å²) in [5.74, 6) is 0. The lowest BCUT2D eigenvalue weighted by Gasteiger charge is -2.33. The third-order valence-corrected chi connectivity index (χ3v) is 3.61. The van der Waals surface area contributed by atoms with Crippen molar-refractivity contribution >= 4 is 17.1 Å². The molecular weight excluding hydrogens is 321 g/mol. The zero-order valence-electron chi connectivity index (χ0n) is 12.0. The van der Waals surface area contributed by atoms with Gasteiger partial charge in [-0.25, -0.2) is 0 Å². The van der Waals surface area contributed by atoms with Gasteiger partial charge in [-0.15, -0.1) is 0 Å². The van der Waals surface area contributed by atoms with Crippen LogP contribution in [0.3, 0.4) is 0 Å². The second kappa shape index (κ2) is 5.99. The van der Waals surface area contributed by atoms with Crippen LogP contribution in [0.1, 0.15) is 5.56 Å². The van der Waals surface area contributed by atoms with Crippen molar-refractivity contribution in [2.45, 2.75) is 6.18 Å². The Labute approximate surface area is 128 Å². The van der Waals surface area contributed by atoms with Gasteiger partial charge in [-0.05, 0) is 7.05 Å². The molecule has 1 aromatic carbocycles. The second-order valence-corrected chi connectivity index (χ2v) is 5.17. The molecule has 0 aromatic heterocycles. The zero-order valence-corrected chi connectivity index (χ0v) is 12.0. The van der Waals surface area contributed by atoms with E-state index in [0.29, 0.717) is 25.2 Å². The van der Waals surface area contributed by atoms with Crippen molar-refractivity contribution in [3.8, 4) is 0 Å². The number of nitro groups is 2. The Morgan fingerprint density at radius 3 is 1.78 bits per heavy atom. The number of anilines is 1. The third kappa shape index (κ3) is 3.50. The largest absolute Gasteiger partial charge is 0.416 e. The van der Waals surface area contributed by atoms with Crippen molar-refractivity contribution in [1.82, 2.24) is 4.90 Å². The molecule has 0 atom stereocenters. The first-order valence-corrected chi connectivity index (χ1v) is 6.58. The van der Waals surface area contributed by atoms with E-state index in [4.69, 9.17) is 0 Å². The number of alkyl halides is 3. The first-order chi connectivity index (χ1) is 10.6. The molecule has 23 heavy (non-hydrogen) atoms. The average Bonchev–Trinajstić information content (AvgIpc) is 2.45. The number of piperazine rings is 1. The highest BCUT2D eigenvalue weighted by atomic mass is 19.4. The van der Waals surface area contributed by atoms with Crippen molar-refractivity contribution in [3.05, 3.63) is 37.9 Å². The van der Waals surface area contributed by atoms with Gasteiger partial charge in [0.05, 0.1) is 15.4 Å². The maximum atomic E-state index is 12.8. The quantitative estimate of drug-likeness (QED) is 0.622. The summed E-state index contributed by atoms with van der Waals surface area (Å²) in [4.78, 5) is 23.6. The highest BCUT2D eigenvalue weighted by molar-refractivity contribution is 5.76. The predicted molar refractivity (Wildman–Crippen MR) is 74.5 cm³/mol. The highest BCUT2D eigenvalue weighted by Gasteiger charge is 2.39. The normalized spacial score (nSPS) is 16.4. The lowest BCUT2D eigenvalue weighted by atomic mass is 10.1. The van der Waals surface area contributed by atoms with Crippen LogP contribution in [0.2, 0.25) is 0 Å².